The van der Waals surface area contributed by atoms with Gasteiger partial charge in [0.15, 0.2) is 4.80 Å². The summed E-state index contributed by atoms with van der Waals surface area (Å²) in [6, 6.07) is 16.2. The van der Waals surface area contributed by atoms with E-state index in [9.17, 15) is 19.7 Å². The number of nitrogens with zero attached hydrogens (tertiary/aromatic N) is 3. The van der Waals surface area contributed by atoms with Crippen LogP contribution < -0.4 is 14.9 Å². The van der Waals surface area contributed by atoms with E-state index in [4.69, 9.17) is 9.15 Å². The molecule has 0 N–H and O–H groups in total. The van der Waals surface area contributed by atoms with Gasteiger partial charge in [-0.15, -0.1) is 0 Å². The Morgan fingerprint density at radius 3 is 2.71 bits per heavy atom. The molecule has 5 rings (SSSR count). The van der Waals surface area contributed by atoms with E-state index in [0.29, 0.717) is 32.1 Å². The number of carbonyl (C=O) groups excluding carboxylic acids is 1. The number of rotatable bonds is 6. The molecule has 0 radical (unpaired) electrons. The molecule has 2 aromatic carbocycles. The van der Waals surface area contributed by atoms with E-state index in [1.165, 1.54) is 16.7 Å². The minimum atomic E-state index is -0.901. The number of benzene rings is 2. The number of halogens is 1. The van der Waals surface area contributed by atoms with Gasteiger partial charge < -0.3 is 9.15 Å². The average molecular weight is 594 g/mol. The van der Waals surface area contributed by atoms with Gasteiger partial charge in [-0.25, -0.2) is 9.79 Å². The molecule has 0 unspecified atom stereocenters. The zero-order chi connectivity index (χ0) is 27.0. The lowest BCUT2D eigenvalue weighted by Gasteiger charge is -2.22. The van der Waals surface area contributed by atoms with Crippen LogP contribution in [0, 0.1) is 10.1 Å². The topological polar surface area (TPSA) is 117 Å². The highest BCUT2D eigenvalue weighted by atomic mass is 79.9. The molecule has 1 aliphatic rings. The summed E-state index contributed by atoms with van der Waals surface area (Å²) >= 11 is 4.55. The van der Waals surface area contributed by atoms with Gasteiger partial charge in [0.05, 0.1) is 27.3 Å². The Balaban J connectivity index is 1.68. The first-order valence-electron chi connectivity index (χ1n) is 11.6. The molecule has 1 aliphatic heterocycles. The lowest BCUT2D eigenvalue weighted by Crippen LogP contribution is -2.39. The summed E-state index contributed by atoms with van der Waals surface area (Å²) < 4.78 is 14.2. The normalized spacial score (nSPS) is 15.2. The van der Waals surface area contributed by atoms with Crippen LogP contribution in [0.4, 0.5) is 5.69 Å². The number of hydrogen-bond donors (Lipinski definition) is 0. The summed E-state index contributed by atoms with van der Waals surface area (Å²) in [6.45, 7) is 3.55. The zero-order valence-corrected chi connectivity index (χ0v) is 22.6. The highest BCUT2D eigenvalue weighted by Crippen LogP contribution is 2.34. The SMILES string of the molecule is CCOC(=O)C1=C(C)N=c2s/c(=C\c3cccc([N+](=O)[O-])c3)c(=O)n2[C@H]1c1ccc(-c2ccc(Br)cc2)o1. The van der Waals surface area contributed by atoms with Crippen molar-refractivity contribution in [2.24, 2.45) is 4.99 Å². The monoisotopic (exact) mass is 593 g/mol. The van der Waals surface area contributed by atoms with Crippen LogP contribution in [0.5, 0.6) is 0 Å². The Morgan fingerprint density at radius 1 is 1.24 bits per heavy atom. The lowest BCUT2D eigenvalue weighted by atomic mass is 10.0. The number of nitro groups is 1. The molecule has 192 valence electrons. The fourth-order valence-electron chi connectivity index (χ4n) is 4.21. The Bertz CT molecular complexity index is 1780. The summed E-state index contributed by atoms with van der Waals surface area (Å²) in [6.07, 6.45) is 1.58. The second kappa shape index (κ2) is 10.3. The van der Waals surface area contributed by atoms with Crippen LogP contribution in [-0.4, -0.2) is 22.1 Å². The van der Waals surface area contributed by atoms with Gasteiger partial charge in [0.2, 0.25) is 0 Å². The van der Waals surface area contributed by atoms with Crippen molar-refractivity contribution in [2.75, 3.05) is 6.61 Å². The van der Waals surface area contributed by atoms with Crippen molar-refractivity contribution in [3.05, 3.63) is 118 Å². The highest BCUT2D eigenvalue weighted by Gasteiger charge is 2.35. The van der Waals surface area contributed by atoms with Gasteiger partial charge in [0.1, 0.15) is 17.6 Å². The van der Waals surface area contributed by atoms with Crippen molar-refractivity contribution in [1.82, 2.24) is 4.57 Å². The first-order chi connectivity index (χ1) is 18.3. The van der Waals surface area contributed by atoms with E-state index < -0.39 is 22.5 Å². The van der Waals surface area contributed by atoms with E-state index >= 15 is 0 Å². The van der Waals surface area contributed by atoms with Crippen LogP contribution >= 0.6 is 27.3 Å². The molecular weight excluding hydrogens is 574 g/mol. The molecule has 11 heteroatoms. The Hall–Kier alpha value is -4.09. The summed E-state index contributed by atoms with van der Waals surface area (Å²) in [5.41, 5.74) is 1.46. The number of fused-ring (bicyclic) bond motifs is 1. The third-order valence-corrected chi connectivity index (χ3v) is 7.43. The standard InChI is InChI=1S/C27H20BrN3O6S/c1-3-36-26(33)23-15(2)29-27-30(24(23)21-12-11-20(37-21)17-7-9-18(28)10-8-17)25(32)22(38-27)14-16-5-4-6-19(13-16)31(34)35/h4-14,24H,3H2,1-2H3/b22-14-/t24-/m0/s1. The van der Waals surface area contributed by atoms with Crippen molar-refractivity contribution in [3.8, 4) is 11.3 Å². The molecule has 0 bridgehead atoms. The lowest BCUT2D eigenvalue weighted by molar-refractivity contribution is -0.384. The van der Waals surface area contributed by atoms with Gasteiger partial charge >= 0.3 is 5.97 Å². The fourth-order valence-corrected chi connectivity index (χ4v) is 5.52. The highest BCUT2D eigenvalue weighted by molar-refractivity contribution is 9.10. The second-order valence-corrected chi connectivity index (χ2v) is 10.3. The Labute approximate surface area is 228 Å². The number of carbonyl (C=O) groups is 1. The maximum atomic E-state index is 13.7. The van der Waals surface area contributed by atoms with Crippen LogP contribution in [0.2, 0.25) is 0 Å². The number of hydrogen-bond acceptors (Lipinski definition) is 8. The predicted molar refractivity (Wildman–Crippen MR) is 145 cm³/mol. The molecule has 3 heterocycles. The average Bonchev–Trinajstić information content (AvgIpc) is 3.49. The van der Waals surface area contributed by atoms with Gasteiger partial charge in [-0.1, -0.05) is 51.5 Å². The quantitative estimate of drug-likeness (QED) is 0.181. The minimum Gasteiger partial charge on any atom is -0.463 e. The van der Waals surface area contributed by atoms with E-state index in [-0.39, 0.29) is 17.9 Å². The number of non-ortho nitro benzene ring substituents is 1. The van der Waals surface area contributed by atoms with Crippen molar-refractivity contribution < 1.29 is 18.9 Å². The van der Waals surface area contributed by atoms with Crippen molar-refractivity contribution in [3.63, 3.8) is 0 Å². The minimum absolute atomic E-state index is 0.0825. The summed E-state index contributed by atoms with van der Waals surface area (Å²) in [4.78, 5) is 42.4. The fraction of sp³-hybridized carbons (Fsp3) is 0.148. The number of aromatic nitrogens is 1. The third kappa shape index (κ3) is 4.77. The van der Waals surface area contributed by atoms with E-state index in [2.05, 4.69) is 20.9 Å². The van der Waals surface area contributed by atoms with Gasteiger partial charge in [0, 0.05) is 22.2 Å². The molecule has 0 saturated heterocycles. The molecular formula is C27H20BrN3O6S. The van der Waals surface area contributed by atoms with Gasteiger partial charge in [0.25, 0.3) is 11.2 Å². The van der Waals surface area contributed by atoms with E-state index in [1.807, 2.05) is 24.3 Å². The molecule has 0 fully saturated rings. The smallest absolute Gasteiger partial charge is 0.338 e. The van der Waals surface area contributed by atoms with Gasteiger partial charge in [-0.3, -0.25) is 19.5 Å². The van der Waals surface area contributed by atoms with Crippen LogP contribution in [0.1, 0.15) is 31.2 Å². The first kappa shape index (κ1) is 25.6. The second-order valence-electron chi connectivity index (χ2n) is 8.36. The van der Waals surface area contributed by atoms with Crippen molar-refractivity contribution in [1.29, 1.82) is 0 Å². The van der Waals surface area contributed by atoms with Gasteiger partial charge in [-0.05, 0) is 49.8 Å². The van der Waals surface area contributed by atoms with Crippen LogP contribution in [0.25, 0.3) is 17.4 Å². The molecule has 1 atom stereocenters. The van der Waals surface area contributed by atoms with Crippen LogP contribution in [0.3, 0.4) is 0 Å². The summed E-state index contributed by atoms with van der Waals surface area (Å²) in [5.74, 6) is 0.362. The largest absolute Gasteiger partial charge is 0.463 e. The van der Waals surface area contributed by atoms with Gasteiger partial charge in [-0.2, -0.15) is 0 Å². The molecule has 2 aromatic heterocycles. The van der Waals surface area contributed by atoms with Crippen molar-refractivity contribution in [2.45, 2.75) is 19.9 Å². The number of thiazole rings is 1. The Morgan fingerprint density at radius 2 is 2.00 bits per heavy atom. The molecule has 4 aromatic rings. The number of esters is 1. The maximum absolute atomic E-state index is 13.7. The molecule has 9 nitrogen and oxygen atoms in total. The zero-order valence-electron chi connectivity index (χ0n) is 20.2. The number of allylic oxidation sites excluding steroid dienone is 1. The summed E-state index contributed by atoms with van der Waals surface area (Å²) in [5, 5.41) is 11.2. The molecule has 0 amide bonds. The molecule has 0 spiro atoms. The van der Waals surface area contributed by atoms with E-state index in [1.54, 1.807) is 44.2 Å². The molecule has 0 aliphatic carbocycles. The molecule has 38 heavy (non-hydrogen) atoms. The summed E-state index contributed by atoms with van der Waals surface area (Å²) in [7, 11) is 0. The van der Waals surface area contributed by atoms with E-state index in [0.717, 1.165) is 21.4 Å². The number of ether oxygens (including phenoxy) is 1. The maximum Gasteiger partial charge on any atom is 0.338 e. The predicted octanol–water partition coefficient (Wildman–Crippen LogP) is 4.73. The number of nitro benzene ring substituents is 1. The number of furan rings is 1. The van der Waals surface area contributed by atoms with Crippen LogP contribution in [0.15, 0.2) is 90.6 Å². The third-order valence-electron chi connectivity index (χ3n) is 5.92. The van der Waals surface area contributed by atoms with Crippen LogP contribution in [-0.2, 0) is 9.53 Å². The van der Waals surface area contributed by atoms with Crippen molar-refractivity contribution >= 4 is 45.0 Å². The molecule has 0 saturated carbocycles. The Kier molecular flexibility index (Phi) is 6.96. The first-order valence-corrected chi connectivity index (χ1v) is 13.2.